The van der Waals surface area contributed by atoms with Crippen LogP contribution in [-0.4, -0.2) is 69.6 Å². The third-order valence-electron chi connectivity index (χ3n) is 5.35. The Hall–Kier alpha value is -3.07. The number of aromatic nitrogens is 4. The highest BCUT2D eigenvalue weighted by Crippen LogP contribution is 2.29. The second kappa shape index (κ2) is 9.82. The first kappa shape index (κ1) is 21.2. The second-order valence-electron chi connectivity index (χ2n) is 7.11. The van der Waals surface area contributed by atoms with Crippen LogP contribution in [0.3, 0.4) is 0 Å². The summed E-state index contributed by atoms with van der Waals surface area (Å²) in [5, 5.41) is 9.40. The van der Waals surface area contributed by atoms with Crippen molar-refractivity contribution in [2.45, 2.75) is 18.6 Å². The summed E-state index contributed by atoms with van der Waals surface area (Å²) >= 11 is 1.44. The summed E-state index contributed by atoms with van der Waals surface area (Å²) in [6.45, 7) is 5.75. The van der Waals surface area contributed by atoms with Gasteiger partial charge in [-0.15, -0.1) is 10.2 Å². The van der Waals surface area contributed by atoms with Crippen LogP contribution in [0.5, 0.6) is 5.75 Å². The molecule has 0 unspecified atom stereocenters. The number of rotatable bonds is 7. The van der Waals surface area contributed by atoms with Crippen LogP contribution in [-0.2, 0) is 11.3 Å². The topological polar surface area (TPSA) is 76.4 Å². The van der Waals surface area contributed by atoms with Crippen molar-refractivity contribution in [3.63, 3.8) is 0 Å². The van der Waals surface area contributed by atoms with E-state index >= 15 is 0 Å². The Balaban J connectivity index is 1.35. The second-order valence-corrected chi connectivity index (χ2v) is 8.06. The standard InChI is InChI=1S/C22H26N6O2S/c1-3-28-21(17-8-10-23-11-9-17)24-25-22(28)31-16-20(29)27-14-12-26(13-15-27)18-6-4-5-7-19(18)30-2/h4-11H,3,12-16H2,1-2H3. The number of para-hydroxylation sites is 2. The van der Waals surface area contributed by atoms with Crippen LogP contribution in [0.2, 0.25) is 0 Å². The predicted molar refractivity (Wildman–Crippen MR) is 121 cm³/mol. The maximum atomic E-state index is 12.8. The van der Waals surface area contributed by atoms with Gasteiger partial charge in [-0.1, -0.05) is 23.9 Å². The molecule has 0 atom stereocenters. The van der Waals surface area contributed by atoms with Gasteiger partial charge in [0.1, 0.15) is 5.75 Å². The van der Waals surface area contributed by atoms with Gasteiger partial charge in [0.25, 0.3) is 0 Å². The number of carbonyl (C=O) groups is 1. The Morgan fingerprint density at radius 2 is 1.81 bits per heavy atom. The molecule has 0 N–H and O–H groups in total. The Kier molecular flexibility index (Phi) is 6.71. The van der Waals surface area contributed by atoms with E-state index in [4.69, 9.17) is 4.74 Å². The number of carbonyl (C=O) groups excluding carboxylic acids is 1. The van der Waals surface area contributed by atoms with Crippen LogP contribution >= 0.6 is 11.8 Å². The maximum Gasteiger partial charge on any atom is 0.233 e. The monoisotopic (exact) mass is 438 g/mol. The average molecular weight is 439 g/mol. The molecule has 0 aliphatic carbocycles. The molecule has 0 spiro atoms. The molecule has 3 aromatic rings. The highest BCUT2D eigenvalue weighted by Gasteiger charge is 2.23. The lowest BCUT2D eigenvalue weighted by Crippen LogP contribution is -2.49. The first-order chi connectivity index (χ1) is 15.2. The number of piperazine rings is 1. The van der Waals surface area contributed by atoms with Gasteiger partial charge >= 0.3 is 0 Å². The molecule has 31 heavy (non-hydrogen) atoms. The van der Waals surface area contributed by atoms with Gasteiger partial charge in [-0.25, -0.2) is 0 Å². The van der Waals surface area contributed by atoms with Crippen LogP contribution < -0.4 is 9.64 Å². The lowest BCUT2D eigenvalue weighted by atomic mass is 10.2. The molecule has 1 fully saturated rings. The van der Waals surface area contributed by atoms with Crippen molar-refractivity contribution < 1.29 is 9.53 Å². The quantitative estimate of drug-likeness (QED) is 0.525. The zero-order valence-corrected chi connectivity index (χ0v) is 18.6. The molecule has 0 radical (unpaired) electrons. The van der Waals surface area contributed by atoms with E-state index in [2.05, 4.69) is 33.1 Å². The molecule has 1 aliphatic rings. The van der Waals surface area contributed by atoms with Crippen LogP contribution in [0.1, 0.15) is 6.92 Å². The van der Waals surface area contributed by atoms with Crippen molar-refractivity contribution in [3.05, 3.63) is 48.8 Å². The molecule has 0 bridgehead atoms. The van der Waals surface area contributed by atoms with Crippen molar-refractivity contribution >= 4 is 23.4 Å². The van der Waals surface area contributed by atoms with E-state index in [9.17, 15) is 4.79 Å². The minimum Gasteiger partial charge on any atom is -0.495 e. The third-order valence-corrected chi connectivity index (χ3v) is 6.31. The molecule has 2 aromatic heterocycles. The number of hydrogen-bond acceptors (Lipinski definition) is 7. The molecule has 4 rings (SSSR count). The Labute approximate surface area is 186 Å². The molecule has 0 saturated carbocycles. The van der Waals surface area contributed by atoms with Crippen molar-refractivity contribution in [2.24, 2.45) is 0 Å². The van der Waals surface area contributed by atoms with Crippen LogP contribution in [0.25, 0.3) is 11.4 Å². The smallest absolute Gasteiger partial charge is 0.233 e. The van der Waals surface area contributed by atoms with E-state index in [1.807, 2.05) is 39.8 Å². The highest BCUT2D eigenvalue weighted by atomic mass is 32.2. The van der Waals surface area contributed by atoms with Gasteiger partial charge in [0.05, 0.1) is 18.6 Å². The van der Waals surface area contributed by atoms with Crippen molar-refractivity contribution in [1.82, 2.24) is 24.6 Å². The van der Waals surface area contributed by atoms with E-state index in [1.54, 1.807) is 19.5 Å². The van der Waals surface area contributed by atoms with E-state index in [-0.39, 0.29) is 5.91 Å². The normalized spacial score (nSPS) is 14.0. The third kappa shape index (κ3) is 4.66. The molecular weight excluding hydrogens is 412 g/mol. The van der Waals surface area contributed by atoms with Crippen molar-refractivity contribution in [1.29, 1.82) is 0 Å². The number of benzene rings is 1. The van der Waals surface area contributed by atoms with Crippen LogP contribution in [0.15, 0.2) is 53.9 Å². The lowest BCUT2D eigenvalue weighted by Gasteiger charge is -2.36. The average Bonchev–Trinajstić information content (AvgIpc) is 3.26. The van der Waals surface area contributed by atoms with Crippen LogP contribution in [0, 0.1) is 0 Å². The highest BCUT2D eigenvalue weighted by molar-refractivity contribution is 7.99. The minimum absolute atomic E-state index is 0.126. The fourth-order valence-electron chi connectivity index (χ4n) is 3.70. The molecule has 9 heteroatoms. The number of amides is 1. The van der Waals surface area contributed by atoms with Crippen molar-refractivity contribution in [3.8, 4) is 17.1 Å². The minimum atomic E-state index is 0.126. The van der Waals surface area contributed by atoms with E-state index in [1.165, 1.54) is 11.8 Å². The van der Waals surface area contributed by atoms with Gasteiger partial charge < -0.3 is 19.1 Å². The first-order valence-corrected chi connectivity index (χ1v) is 11.3. The van der Waals surface area contributed by atoms with Gasteiger partial charge in [0.2, 0.25) is 5.91 Å². The Morgan fingerprint density at radius 1 is 1.06 bits per heavy atom. The van der Waals surface area contributed by atoms with Gasteiger partial charge in [-0.2, -0.15) is 0 Å². The number of thioether (sulfide) groups is 1. The zero-order valence-electron chi connectivity index (χ0n) is 17.8. The molecule has 1 amide bonds. The van der Waals surface area contributed by atoms with E-state index in [0.717, 1.165) is 47.6 Å². The number of pyridine rings is 1. The Morgan fingerprint density at radius 3 is 2.52 bits per heavy atom. The summed E-state index contributed by atoms with van der Waals surface area (Å²) in [6, 6.07) is 11.8. The van der Waals surface area contributed by atoms with E-state index < -0.39 is 0 Å². The molecule has 162 valence electrons. The number of nitrogens with zero attached hydrogens (tertiary/aromatic N) is 6. The molecule has 1 saturated heterocycles. The Bertz CT molecular complexity index is 1020. The van der Waals surface area contributed by atoms with Gasteiger partial charge in [-0.05, 0) is 31.2 Å². The predicted octanol–water partition coefficient (Wildman–Crippen LogP) is 2.81. The summed E-state index contributed by atoms with van der Waals surface area (Å²) in [7, 11) is 1.69. The van der Waals surface area contributed by atoms with Crippen molar-refractivity contribution in [2.75, 3.05) is 43.9 Å². The summed E-state index contributed by atoms with van der Waals surface area (Å²) in [5.41, 5.74) is 2.04. The molecule has 1 aliphatic heterocycles. The molecule has 1 aromatic carbocycles. The summed E-state index contributed by atoms with van der Waals surface area (Å²) in [4.78, 5) is 21.1. The SMILES string of the molecule is CCn1c(SCC(=O)N2CCN(c3ccccc3OC)CC2)nnc1-c1ccncc1. The summed E-state index contributed by atoms with van der Waals surface area (Å²) < 4.78 is 7.51. The zero-order chi connectivity index (χ0) is 21.6. The summed E-state index contributed by atoms with van der Waals surface area (Å²) in [5.74, 6) is 2.14. The fourth-order valence-corrected chi connectivity index (χ4v) is 4.61. The number of ether oxygens (including phenoxy) is 1. The maximum absolute atomic E-state index is 12.8. The van der Waals surface area contributed by atoms with Gasteiger partial charge in [0, 0.05) is 50.7 Å². The fraction of sp³-hybridized carbons (Fsp3) is 0.364. The number of methoxy groups -OCH3 is 1. The van der Waals surface area contributed by atoms with Gasteiger partial charge in [-0.3, -0.25) is 9.78 Å². The van der Waals surface area contributed by atoms with E-state index in [0.29, 0.717) is 18.8 Å². The van der Waals surface area contributed by atoms with Gasteiger partial charge in [0.15, 0.2) is 11.0 Å². The molecule has 3 heterocycles. The number of anilines is 1. The molecular formula is C22H26N6O2S. The lowest BCUT2D eigenvalue weighted by molar-refractivity contribution is -0.128. The van der Waals surface area contributed by atoms with Crippen LogP contribution in [0.4, 0.5) is 5.69 Å². The molecule has 8 nitrogen and oxygen atoms in total. The summed E-state index contributed by atoms with van der Waals surface area (Å²) in [6.07, 6.45) is 3.48. The number of hydrogen-bond donors (Lipinski definition) is 0. The largest absolute Gasteiger partial charge is 0.495 e. The first-order valence-electron chi connectivity index (χ1n) is 10.3.